The van der Waals surface area contributed by atoms with Gasteiger partial charge in [-0.2, -0.15) is 0 Å². The number of benzene rings is 2. The van der Waals surface area contributed by atoms with Crippen LogP contribution in [-0.4, -0.2) is 20.6 Å². The van der Waals surface area contributed by atoms with E-state index in [1.807, 2.05) is 31.2 Å². The van der Waals surface area contributed by atoms with Crippen molar-refractivity contribution in [3.05, 3.63) is 65.2 Å². The number of hydrogen-bond donors (Lipinski definition) is 1. The predicted molar refractivity (Wildman–Crippen MR) is 85.2 cm³/mol. The highest BCUT2D eigenvalue weighted by molar-refractivity contribution is 7.92. The van der Waals surface area contributed by atoms with Crippen LogP contribution in [0.1, 0.15) is 21.5 Å². The van der Waals surface area contributed by atoms with E-state index in [2.05, 4.69) is 4.72 Å². The number of carbonyl (C=O) groups excluding carboxylic acids is 1. The lowest BCUT2D eigenvalue weighted by molar-refractivity contribution is 0.0474. The Morgan fingerprint density at radius 1 is 1.14 bits per heavy atom. The zero-order chi connectivity index (χ0) is 16.2. The first-order valence-electron chi connectivity index (χ1n) is 6.64. The molecule has 0 aromatic heterocycles. The number of anilines is 1. The maximum atomic E-state index is 12.2. The normalized spacial score (nSPS) is 11.0. The van der Waals surface area contributed by atoms with Crippen LogP contribution in [0.2, 0.25) is 0 Å². The van der Waals surface area contributed by atoms with E-state index in [1.54, 1.807) is 12.1 Å². The third kappa shape index (κ3) is 4.60. The molecule has 1 N–H and O–H groups in total. The molecule has 5 nitrogen and oxygen atoms in total. The van der Waals surface area contributed by atoms with Gasteiger partial charge in [-0.15, -0.1) is 0 Å². The molecule has 0 aliphatic carbocycles. The summed E-state index contributed by atoms with van der Waals surface area (Å²) in [6, 6.07) is 14.0. The molecular weight excluding hydrogens is 302 g/mol. The van der Waals surface area contributed by atoms with Gasteiger partial charge in [0, 0.05) is 0 Å². The Morgan fingerprint density at radius 2 is 1.86 bits per heavy atom. The minimum atomic E-state index is -3.46. The van der Waals surface area contributed by atoms with E-state index in [4.69, 9.17) is 4.74 Å². The topological polar surface area (TPSA) is 72.5 Å². The van der Waals surface area contributed by atoms with Gasteiger partial charge in [0.05, 0.1) is 17.5 Å². The van der Waals surface area contributed by atoms with E-state index in [1.165, 1.54) is 12.1 Å². The van der Waals surface area contributed by atoms with Gasteiger partial charge in [0.1, 0.15) is 6.61 Å². The van der Waals surface area contributed by atoms with Gasteiger partial charge in [0.25, 0.3) is 0 Å². The minimum absolute atomic E-state index is 0.133. The SMILES string of the molecule is Cc1cccc(COC(=O)c2ccccc2NS(C)(=O)=O)c1. The summed E-state index contributed by atoms with van der Waals surface area (Å²) < 4.78 is 30.2. The number of rotatable bonds is 5. The van der Waals surface area contributed by atoms with Crippen LogP contribution in [0.15, 0.2) is 48.5 Å². The first kappa shape index (κ1) is 16.0. The van der Waals surface area contributed by atoms with Gasteiger partial charge in [0.15, 0.2) is 0 Å². The molecule has 0 saturated carbocycles. The molecule has 0 radical (unpaired) electrons. The largest absolute Gasteiger partial charge is 0.457 e. The third-order valence-corrected chi connectivity index (χ3v) is 3.49. The summed E-state index contributed by atoms with van der Waals surface area (Å²) in [6.07, 6.45) is 1.03. The number of carbonyl (C=O) groups is 1. The first-order valence-corrected chi connectivity index (χ1v) is 8.54. The van der Waals surface area contributed by atoms with Gasteiger partial charge in [-0.3, -0.25) is 4.72 Å². The number of nitrogens with one attached hydrogen (secondary N) is 1. The summed E-state index contributed by atoms with van der Waals surface area (Å²) in [7, 11) is -3.46. The van der Waals surface area contributed by atoms with Gasteiger partial charge < -0.3 is 4.74 Å². The van der Waals surface area contributed by atoms with E-state index in [-0.39, 0.29) is 17.9 Å². The third-order valence-electron chi connectivity index (χ3n) is 2.89. The Hall–Kier alpha value is -2.34. The zero-order valence-corrected chi connectivity index (χ0v) is 13.2. The number of hydrogen-bond acceptors (Lipinski definition) is 4. The molecule has 22 heavy (non-hydrogen) atoms. The molecule has 2 rings (SSSR count). The lowest BCUT2D eigenvalue weighted by Crippen LogP contribution is -2.14. The molecule has 0 amide bonds. The van der Waals surface area contributed by atoms with Crippen LogP contribution in [0.25, 0.3) is 0 Å². The van der Waals surface area contributed by atoms with Gasteiger partial charge in [0.2, 0.25) is 10.0 Å². The highest BCUT2D eigenvalue weighted by Crippen LogP contribution is 2.18. The van der Waals surface area contributed by atoms with Crippen molar-refractivity contribution in [2.24, 2.45) is 0 Å². The highest BCUT2D eigenvalue weighted by Gasteiger charge is 2.15. The Balaban J connectivity index is 2.13. The smallest absolute Gasteiger partial charge is 0.340 e. The van der Waals surface area contributed by atoms with E-state index in [0.29, 0.717) is 0 Å². The number of sulfonamides is 1. The monoisotopic (exact) mass is 319 g/mol. The maximum absolute atomic E-state index is 12.2. The zero-order valence-electron chi connectivity index (χ0n) is 12.4. The molecule has 0 aliphatic rings. The molecule has 2 aromatic carbocycles. The first-order chi connectivity index (χ1) is 10.3. The number of aryl methyl sites for hydroxylation is 1. The van der Waals surface area contributed by atoms with Crippen LogP contribution in [0.5, 0.6) is 0 Å². The summed E-state index contributed by atoms with van der Waals surface area (Å²) >= 11 is 0. The molecule has 0 heterocycles. The summed E-state index contributed by atoms with van der Waals surface area (Å²) in [4.78, 5) is 12.2. The molecule has 2 aromatic rings. The molecule has 0 aliphatic heterocycles. The molecule has 116 valence electrons. The van der Waals surface area contributed by atoms with Crippen molar-refractivity contribution in [2.45, 2.75) is 13.5 Å². The van der Waals surface area contributed by atoms with Crippen molar-refractivity contribution < 1.29 is 17.9 Å². The second-order valence-electron chi connectivity index (χ2n) is 4.98. The van der Waals surface area contributed by atoms with Crippen molar-refractivity contribution in [3.63, 3.8) is 0 Å². The lowest BCUT2D eigenvalue weighted by atomic mass is 10.1. The van der Waals surface area contributed by atoms with Crippen LogP contribution in [-0.2, 0) is 21.4 Å². The van der Waals surface area contributed by atoms with Crippen LogP contribution in [0, 0.1) is 6.92 Å². The second-order valence-corrected chi connectivity index (χ2v) is 6.73. The summed E-state index contributed by atoms with van der Waals surface area (Å²) in [5, 5.41) is 0. The Bertz CT molecular complexity index is 784. The quantitative estimate of drug-likeness (QED) is 0.860. The van der Waals surface area contributed by atoms with E-state index >= 15 is 0 Å². The van der Waals surface area contributed by atoms with Gasteiger partial charge in [-0.1, -0.05) is 42.0 Å². The van der Waals surface area contributed by atoms with Crippen LogP contribution < -0.4 is 4.72 Å². The molecule has 0 bridgehead atoms. The Kier molecular flexibility index (Phi) is 4.82. The number of para-hydroxylation sites is 1. The maximum Gasteiger partial charge on any atom is 0.340 e. The fourth-order valence-electron chi connectivity index (χ4n) is 1.98. The van der Waals surface area contributed by atoms with Crippen molar-refractivity contribution in [2.75, 3.05) is 11.0 Å². The van der Waals surface area contributed by atoms with Crippen molar-refractivity contribution >= 4 is 21.7 Å². The van der Waals surface area contributed by atoms with E-state index in [0.717, 1.165) is 17.4 Å². The molecule has 0 spiro atoms. The van der Waals surface area contributed by atoms with Gasteiger partial charge >= 0.3 is 5.97 Å². The molecule has 0 unspecified atom stereocenters. The van der Waals surface area contributed by atoms with E-state index in [9.17, 15) is 13.2 Å². The molecular formula is C16H17NO4S. The Labute approximate surface area is 130 Å². The summed E-state index contributed by atoms with van der Waals surface area (Å²) in [6.45, 7) is 2.09. The fraction of sp³-hybridized carbons (Fsp3) is 0.188. The van der Waals surface area contributed by atoms with Crippen molar-refractivity contribution in [1.82, 2.24) is 0 Å². The van der Waals surface area contributed by atoms with E-state index < -0.39 is 16.0 Å². The summed E-state index contributed by atoms with van der Waals surface area (Å²) in [5.74, 6) is -0.576. The Morgan fingerprint density at radius 3 is 2.55 bits per heavy atom. The van der Waals surface area contributed by atoms with Crippen LogP contribution >= 0.6 is 0 Å². The standard InChI is InChI=1S/C16H17NO4S/c1-12-6-5-7-13(10-12)11-21-16(18)14-8-3-4-9-15(14)17-22(2,19)20/h3-10,17H,11H2,1-2H3. The average Bonchev–Trinajstić information content (AvgIpc) is 2.44. The number of esters is 1. The summed E-state index contributed by atoms with van der Waals surface area (Å²) in [5.41, 5.74) is 2.34. The molecule has 0 atom stereocenters. The molecule has 6 heteroatoms. The molecule has 0 fully saturated rings. The van der Waals surface area contributed by atoms with Crippen LogP contribution in [0.4, 0.5) is 5.69 Å². The van der Waals surface area contributed by atoms with Crippen molar-refractivity contribution in [1.29, 1.82) is 0 Å². The van der Waals surface area contributed by atoms with Crippen molar-refractivity contribution in [3.8, 4) is 0 Å². The second kappa shape index (κ2) is 6.62. The highest BCUT2D eigenvalue weighted by atomic mass is 32.2. The molecule has 0 saturated heterocycles. The lowest BCUT2D eigenvalue weighted by Gasteiger charge is -2.10. The minimum Gasteiger partial charge on any atom is -0.457 e. The van der Waals surface area contributed by atoms with Gasteiger partial charge in [-0.25, -0.2) is 13.2 Å². The van der Waals surface area contributed by atoms with Crippen LogP contribution in [0.3, 0.4) is 0 Å². The van der Waals surface area contributed by atoms with Gasteiger partial charge in [-0.05, 0) is 24.6 Å². The predicted octanol–water partition coefficient (Wildman–Crippen LogP) is 2.72. The number of ether oxygens (including phenoxy) is 1. The average molecular weight is 319 g/mol. The fourth-order valence-corrected chi connectivity index (χ4v) is 2.56.